The molecule has 2 heteroatoms. The van der Waals surface area contributed by atoms with Crippen molar-refractivity contribution in [2.45, 2.75) is 79.1 Å². The molecule has 2 nitrogen and oxygen atoms in total. The summed E-state index contributed by atoms with van der Waals surface area (Å²) in [6.07, 6.45) is 2.16. The Morgan fingerprint density at radius 1 is 0.621 bits per heavy atom. The van der Waals surface area contributed by atoms with Gasteiger partial charge < -0.3 is 0 Å². The van der Waals surface area contributed by atoms with Crippen LogP contribution in [0.1, 0.15) is 101 Å². The molecule has 0 radical (unpaired) electrons. The molecule has 3 rings (SSSR count). The Morgan fingerprint density at radius 3 is 1.21 bits per heavy atom. The quantitative estimate of drug-likeness (QED) is 0.444. The van der Waals surface area contributed by atoms with E-state index >= 15 is 0 Å². The second kappa shape index (κ2) is 8.44. The van der Waals surface area contributed by atoms with Crippen molar-refractivity contribution in [3.63, 3.8) is 0 Å². The first-order valence-electron chi connectivity index (χ1n) is 11.3. The molecule has 0 atom stereocenters. The van der Waals surface area contributed by atoms with Crippen molar-refractivity contribution in [2.24, 2.45) is 4.99 Å². The van der Waals surface area contributed by atoms with E-state index in [9.17, 15) is 0 Å². The van der Waals surface area contributed by atoms with E-state index in [1.165, 1.54) is 33.6 Å². The predicted octanol–water partition coefficient (Wildman–Crippen LogP) is 7.86. The average molecular weight is 392 g/mol. The zero-order valence-corrected chi connectivity index (χ0v) is 19.7. The summed E-state index contributed by atoms with van der Waals surface area (Å²) in [5, 5.41) is 0. The van der Waals surface area contributed by atoms with Crippen LogP contribution < -0.4 is 4.48 Å². The number of rotatable bonds is 6. The lowest BCUT2D eigenvalue weighted by Gasteiger charge is -2.40. The predicted molar refractivity (Wildman–Crippen MR) is 129 cm³/mol. The van der Waals surface area contributed by atoms with Gasteiger partial charge in [0.15, 0.2) is 6.67 Å². The molecule has 0 aliphatic carbocycles. The highest BCUT2D eigenvalue weighted by molar-refractivity contribution is 5.80. The Hall–Kier alpha value is -1.93. The second-order valence-electron chi connectivity index (χ2n) is 9.85. The number of hydrogen-bond acceptors (Lipinski definition) is 1. The SMILES string of the molecule is CC(C)c1cccc(C(C)C)c1[N+]1(c2c(C(C)C)cccc2C(C)C)CC=NC1. The summed E-state index contributed by atoms with van der Waals surface area (Å²) >= 11 is 0. The molecule has 0 amide bonds. The molecule has 0 aromatic heterocycles. The average Bonchev–Trinajstić information content (AvgIpc) is 3.17. The van der Waals surface area contributed by atoms with Gasteiger partial charge >= 0.3 is 0 Å². The fraction of sp³-hybridized carbons (Fsp3) is 0.519. The molecule has 29 heavy (non-hydrogen) atoms. The van der Waals surface area contributed by atoms with Crippen LogP contribution in [0.4, 0.5) is 11.4 Å². The van der Waals surface area contributed by atoms with Gasteiger partial charge in [-0.1, -0.05) is 91.8 Å². The van der Waals surface area contributed by atoms with E-state index in [0.717, 1.165) is 17.7 Å². The molecular weight excluding hydrogens is 352 g/mol. The minimum Gasteiger partial charge on any atom is -0.236 e. The number of quaternary nitrogens is 1. The third-order valence-electron chi connectivity index (χ3n) is 6.39. The first kappa shape index (κ1) is 21.8. The van der Waals surface area contributed by atoms with Gasteiger partial charge in [0.1, 0.15) is 17.9 Å². The van der Waals surface area contributed by atoms with Crippen LogP contribution >= 0.6 is 0 Å². The summed E-state index contributed by atoms with van der Waals surface area (Å²) in [6, 6.07) is 13.9. The molecule has 156 valence electrons. The molecular formula is C27H39N2+. The monoisotopic (exact) mass is 391 g/mol. The number of nitrogens with zero attached hydrogens (tertiary/aromatic N) is 2. The van der Waals surface area contributed by atoms with E-state index in [4.69, 9.17) is 4.99 Å². The minimum absolute atomic E-state index is 0.480. The van der Waals surface area contributed by atoms with Crippen LogP contribution in [0.3, 0.4) is 0 Å². The molecule has 0 bridgehead atoms. The van der Waals surface area contributed by atoms with Crippen LogP contribution in [0.25, 0.3) is 0 Å². The summed E-state index contributed by atoms with van der Waals surface area (Å²) in [5.41, 5.74) is 8.85. The third kappa shape index (κ3) is 3.80. The molecule has 0 spiro atoms. The van der Waals surface area contributed by atoms with Crippen LogP contribution in [0, 0.1) is 0 Å². The van der Waals surface area contributed by atoms with Crippen LogP contribution in [0.2, 0.25) is 0 Å². The highest BCUT2D eigenvalue weighted by Crippen LogP contribution is 2.50. The number of hydrogen-bond donors (Lipinski definition) is 0. The van der Waals surface area contributed by atoms with Crippen molar-refractivity contribution in [1.29, 1.82) is 0 Å². The lowest BCUT2D eigenvalue weighted by Crippen LogP contribution is -2.45. The van der Waals surface area contributed by atoms with Crippen molar-refractivity contribution < 1.29 is 0 Å². The van der Waals surface area contributed by atoms with Gasteiger partial charge in [0.25, 0.3) is 0 Å². The topological polar surface area (TPSA) is 12.4 Å². The van der Waals surface area contributed by atoms with Crippen molar-refractivity contribution in [2.75, 3.05) is 13.2 Å². The molecule has 1 aliphatic rings. The van der Waals surface area contributed by atoms with Gasteiger partial charge in [-0.05, 0) is 23.7 Å². The van der Waals surface area contributed by atoms with Crippen molar-refractivity contribution >= 4 is 17.6 Å². The van der Waals surface area contributed by atoms with E-state index in [2.05, 4.69) is 98.0 Å². The van der Waals surface area contributed by atoms with Gasteiger partial charge in [0.05, 0.1) is 6.21 Å². The van der Waals surface area contributed by atoms with Gasteiger partial charge in [-0.25, -0.2) is 9.48 Å². The Labute approximate surface area is 178 Å². The van der Waals surface area contributed by atoms with Crippen molar-refractivity contribution in [3.05, 3.63) is 58.7 Å². The second-order valence-corrected chi connectivity index (χ2v) is 9.85. The third-order valence-corrected chi connectivity index (χ3v) is 6.39. The van der Waals surface area contributed by atoms with E-state index in [1.54, 1.807) is 0 Å². The van der Waals surface area contributed by atoms with Gasteiger partial charge in [0, 0.05) is 22.3 Å². The van der Waals surface area contributed by atoms with Gasteiger partial charge in [-0.2, -0.15) is 0 Å². The fourth-order valence-electron chi connectivity index (χ4n) is 4.90. The van der Waals surface area contributed by atoms with Crippen molar-refractivity contribution in [3.8, 4) is 0 Å². The maximum Gasteiger partial charge on any atom is 0.182 e. The smallest absolute Gasteiger partial charge is 0.182 e. The van der Waals surface area contributed by atoms with E-state index in [0.29, 0.717) is 23.7 Å². The number of benzene rings is 2. The maximum atomic E-state index is 4.84. The first-order valence-corrected chi connectivity index (χ1v) is 11.3. The summed E-state index contributed by atoms with van der Waals surface area (Å²) in [5.74, 6) is 1.92. The number of aliphatic imine (C=N–C) groups is 1. The molecule has 0 saturated heterocycles. The Balaban J connectivity index is 2.45. The van der Waals surface area contributed by atoms with E-state index in [1.807, 2.05) is 0 Å². The van der Waals surface area contributed by atoms with Gasteiger partial charge in [-0.3, -0.25) is 0 Å². The lowest BCUT2D eigenvalue weighted by molar-refractivity contribution is 0.449. The molecule has 0 saturated carbocycles. The molecule has 0 unspecified atom stereocenters. The Bertz CT molecular complexity index is 761. The molecule has 2 aromatic carbocycles. The van der Waals surface area contributed by atoms with E-state index in [-0.39, 0.29) is 0 Å². The Kier molecular flexibility index (Phi) is 6.33. The van der Waals surface area contributed by atoms with Gasteiger partial charge in [0.2, 0.25) is 0 Å². The largest absolute Gasteiger partial charge is 0.236 e. The molecule has 1 heterocycles. The summed E-state index contributed by atoms with van der Waals surface area (Å²) in [4.78, 5) is 4.84. The van der Waals surface area contributed by atoms with Crippen LogP contribution in [0.5, 0.6) is 0 Å². The molecule has 0 N–H and O–H groups in total. The number of para-hydroxylation sites is 2. The fourth-order valence-corrected chi connectivity index (χ4v) is 4.90. The van der Waals surface area contributed by atoms with Crippen LogP contribution in [0.15, 0.2) is 41.4 Å². The standard InChI is InChI=1S/C27H39N2/c1-18(2)22-11-9-12-23(19(3)4)26(22)29(16-15-28-17-29)27-24(20(5)6)13-10-14-25(27)21(7)8/h9-15,18-21H,16-17H2,1-8H3/q+1. The zero-order chi connectivity index (χ0) is 21.3. The summed E-state index contributed by atoms with van der Waals surface area (Å²) in [6.45, 7) is 20.4. The highest BCUT2D eigenvalue weighted by Gasteiger charge is 2.43. The zero-order valence-electron chi connectivity index (χ0n) is 19.7. The highest BCUT2D eigenvalue weighted by atomic mass is 15.4. The Morgan fingerprint density at radius 2 is 0.966 bits per heavy atom. The summed E-state index contributed by atoms with van der Waals surface area (Å²) < 4.78 is 0.837. The first-order chi connectivity index (χ1) is 13.7. The maximum absolute atomic E-state index is 4.84. The van der Waals surface area contributed by atoms with Crippen LogP contribution in [-0.4, -0.2) is 19.4 Å². The minimum atomic E-state index is 0.480. The summed E-state index contributed by atoms with van der Waals surface area (Å²) in [7, 11) is 0. The van der Waals surface area contributed by atoms with E-state index < -0.39 is 0 Å². The normalized spacial score (nSPS) is 16.0. The molecule has 2 aromatic rings. The van der Waals surface area contributed by atoms with Crippen molar-refractivity contribution in [1.82, 2.24) is 4.48 Å². The molecule has 0 fully saturated rings. The molecule has 1 aliphatic heterocycles. The van der Waals surface area contributed by atoms with Gasteiger partial charge in [-0.15, -0.1) is 0 Å². The van der Waals surface area contributed by atoms with Crippen LogP contribution in [-0.2, 0) is 0 Å². The lowest BCUT2D eigenvalue weighted by atomic mass is 9.86.